The normalized spacial score (nSPS) is 26.8. The zero-order valence-corrected chi connectivity index (χ0v) is 24.0. The van der Waals surface area contributed by atoms with Crippen molar-refractivity contribution in [3.8, 4) is 0 Å². The molecular formula is C31H36N6O5. The summed E-state index contributed by atoms with van der Waals surface area (Å²) in [5, 5.41) is 16.7. The molecule has 2 N–H and O–H groups in total. The summed E-state index contributed by atoms with van der Waals surface area (Å²) >= 11 is 0. The van der Waals surface area contributed by atoms with Crippen molar-refractivity contribution in [2.45, 2.75) is 69.6 Å². The van der Waals surface area contributed by atoms with Crippen LogP contribution in [0.5, 0.6) is 0 Å². The molecule has 3 aliphatic heterocycles. The van der Waals surface area contributed by atoms with Gasteiger partial charge in [-0.25, -0.2) is 14.3 Å². The predicted octanol–water partition coefficient (Wildman–Crippen LogP) is 2.56. The zero-order valence-electron chi connectivity index (χ0n) is 24.0. The van der Waals surface area contributed by atoms with Crippen LogP contribution in [0.2, 0.25) is 0 Å². The molecule has 3 aromatic rings. The van der Waals surface area contributed by atoms with Crippen molar-refractivity contribution in [2.24, 2.45) is 5.41 Å². The number of carbonyl (C=O) groups is 3. The van der Waals surface area contributed by atoms with Gasteiger partial charge in [0.25, 0.3) is 11.8 Å². The summed E-state index contributed by atoms with van der Waals surface area (Å²) in [4.78, 5) is 45.6. The van der Waals surface area contributed by atoms with Gasteiger partial charge in [-0.15, -0.1) is 5.10 Å². The fourth-order valence-corrected chi connectivity index (χ4v) is 7.38. The minimum atomic E-state index is -1.02. The van der Waals surface area contributed by atoms with Gasteiger partial charge in [0.2, 0.25) is 5.82 Å². The number of aliphatic carboxylic acids is 1. The number of nitrogens with zero attached hydrogens (tertiary/aromatic N) is 5. The van der Waals surface area contributed by atoms with E-state index in [2.05, 4.69) is 63.6 Å². The average molecular weight is 573 g/mol. The van der Waals surface area contributed by atoms with Crippen LogP contribution in [0.1, 0.15) is 60.8 Å². The number of carboxylic acid groups (broad SMARTS) is 1. The topological polar surface area (TPSA) is 129 Å². The first kappa shape index (κ1) is 26.9. The molecule has 11 nitrogen and oxygen atoms in total. The highest BCUT2D eigenvalue weighted by atomic mass is 16.5. The van der Waals surface area contributed by atoms with Gasteiger partial charge >= 0.3 is 5.97 Å². The number of nitrogens with one attached hydrogen (secondary N) is 1. The number of aryl methyl sites for hydroxylation is 1. The second-order valence-corrected chi connectivity index (χ2v) is 13.0. The summed E-state index contributed by atoms with van der Waals surface area (Å²) in [7, 11) is 0. The first-order valence-corrected chi connectivity index (χ1v) is 14.8. The Kier molecular flexibility index (Phi) is 6.27. The molecule has 1 aliphatic carbocycles. The number of rotatable bonds is 6. The molecule has 2 amide bonds. The largest absolute Gasteiger partial charge is 0.479 e. The van der Waals surface area contributed by atoms with Crippen LogP contribution in [-0.2, 0) is 19.7 Å². The fourth-order valence-electron chi connectivity index (χ4n) is 7.38. The number of carboxylic acids is 1. The standard InChI is InChI=1S/C31H36N6O5/c1-19-12-22(35-11-10-30(2,16-35)20-6-4-3-5-7-20)15-37-26(19)33-25(34-37)27(38)32-21-13-31(14-21)17-36(18-31)28(39)23-8-9-24(42-23)29(40)41/h3-7,12,15,21,23-24H,8-11,13-14,16-18H2,1-2H3,(H,32,38)(H,40,41)/t23?,24?,30-/m0/s1. The highest BCUT2D eigenvalue weighted by Gasteiger charge is 2.55. The minimum Gasteiger partial charge on any atom is -0.479 e. The van der Waals surface area contributed by atoms with Crippen LogP contribution < -0.4 is 10.2 Å². The summed E-state index contributed by atoms with van der Waals surface area (Å²) < 4.78 is 7.13. The average Bonchev–Trinajstić information content (AvgIpc) is 3.68. The van der Waals surface area contributed by atoms with Crippen LogP contribution in [0.4, 0.5) is 5.69 Å². The minimum absolute atomic E-state index is 0.0115. The Morgan fingerprint density at radius 2 is 1.81 bits per heavy atom. The van der Waals surface area contributed by atoms with Gasteiger partial charge < -0.3 is 25.0 Å². The van der Waals surface area contributed by atoms with E-state index < -0.39 is 18.2 Å². The summed E-state index contributed by atoms with van der Waals surface area (Å²) in [5.74, 6) is -1.28. The Hall–Kier alpha value is -3.99. The number of aromatic nitrogens is 3. The van der Waals surface area contributed by atoms with Crippen LogP contribution >= 0.6 is 0 Å². The number of hydrogen-bond donors (Lipinski definition) is 2. The van der Waals surface area contributed by atoms with Crippen molar-refractivity contribution in [3.63, 3.8) is 0 Å². The second kappa shape index (κ2) is 9.79. The summed E-state index contributed by atoms with van der Waals surface area (Å²) in [6, 6.07) is 12.8. The van der Waals surface area contributed by atoms with Gasteiger partial charge in [0.05, 0.1) is 11.9 Å². The Balaban J connectivity index is 0.947. The molecule has 7 rings (SSSR count). The maximum absolute atomic E-state index is 13.1. The van der Waals surface area contributed by atoms with E-state index >= 15 is 0 Å². The summed E-state index contributed by atoms with van der Waals surface area (Å²) in [6.07, 6.45) is 3.86. The van der Waals surface area contributed by atoms with Gasteiger partial charge in [-0.05, 0) is 56.2 Å². The molecule has 0 bridgehead atoms. The zero-order chi connectivity index (χ0) is 29.2. The number of carbonyl (C=O) groups excluding carboxylic acids is 2. The molecule has 1 saturated carbocycles. The van der Waals surface area contributed by atoms with Gasteiger partial charge in [0.15, 0.2) is 11.8 Å². The third-order valence-corrected chi connectivity index (χ3v) is 9.74. The van der Waals surface area contributed by atoms with Crippen LogP contribution in [0.15, 0.2) is 42.6 Å². The number of ether oxygens (including phenoxy) is 1. The fraction of sp³-hybridized carbons (Fsp3) is 0.516. The monoisotopic (exact) mass is 572 g/mol. The number of fused-ring (bicyclic) bond motifs is 1. The van der Waals surface area contributed by atoms with Gasteiger partial charge in [-0.3, -0.25) is 9.59 Å². The second-order valence-electron chi connectivity index (χ2n) is 13.0. The Bertz CT molecular complexity index is 1560. The Morgan fingerprint density at radius 3 is 2.52 bits per heavy atom. The molecule has 3 saturated heterocycles. The lowest BCUT2D eigenvalue weighted by atomic mass is 9.60. The molecule has 1 spiro atoms. The van der Waals surface area contributed by atoms with E-state index in [1.165, 1.54) is 5.56 Å². The number of pyridine rings is 1. The first-order chi connectivity index (χ1) is 20.1. The van der Waals surface area contributed by atoms with Crippen molar-refractivity contribution in [2.75, 3.05) is 31.1 Å². The van der Waals surface area contributed by atoms with E-state index in [1.54, 1.807) is 9.42 Å². The van der Waals surface area contributed by atoms with Crippen molar-refractivity contribution in [1.82, 2.24) is 24.8 Å². The lowest BCUT2D eigenvalue weighted by Gasteiger charge is -2.59. The Labute approximate surface area is 243 Å². The quantitative estimate of drug-likeness (QED) is 0.461. The van der Waals surface area contributed by atoms with E-state index in [9.17, 15) is 14.4 Å². The molecular weight excluding hydrogens is 536 g/mol. The molecule has 11 heteroatoms. The smallest absolute Gasteiger partial charge is 0.332 e. The van der Waals surface area contributed by atoms with Crippen molar-refractivity contribution < 1.29 is 24.2 Å². The van der Waals surface area contributed by atoms with Gasteiger partial charge in [0.1, 0.15) is 6.10 Å². The van der Waals surface area contributed by atoms with Gasteiger partial charge in [0, 0.05) is 43.1 Å². The number of amides is 2. The molecule has 1 aromatic carbocycles. The van der Waals surface area contributed by atoms with Crippen LogP contribution in [0, 0.1) is 12.3 Å². The molecule has 5 heterocycles. The van der Waals surface area contributed by atoms with Crippen LogP contribution in [-0.4, -0.2) is 86.8 Å². The number of anilines is 1. The number of hydrogen-bond acceptors (Lipinski definition) is 7. The molecule has 3 atom stereocenters. The number of benzene rings is 1. The van der Waals surface area contributed by atoms with E-state index in [-0.39, 0.29) is 34.5 Å². The predicted molar refractivity (Wildman–Crippen MR) is 153 cm³/mol. The molecule has 2 aromatic heterocycles. The highest BCUT2D eigenvalue weighted by molar-refractivity contribution is 5.91. The first-order valence-electron chi connectivity index (χ1n) is 14.8. The highest BCUT2D eigenvalue weighted by Crippen LogP contribution is 2.49. The van der Waals surface area contributed by atoms with Gasteiger partial charge in [-0.1, -0.05) is 37.3 Å². The molecule has 4 fully saturated rings. The third-order valence-electron chi connectivity index (χ3n) is 9.74. The molecule has 42 heavy (non-hydrogen) atoms. The Morgan fingerprint density at radius 1 is 1.07 bits per heavy atom. The third kappa shape index (κ3) is 4.59. The van der Waals surface area contributed by atoms with E-state index in [4.69, 9.17) is 9.84 Å². The van der Waals surface area contributed by atoms with Crippen LogP contribution in [0.3, 0.4) is 0 Å². The molecule has 4 aliphatic rings. The molecule has 2 unspecified atom stereocenters. The summed E-state index contributed by atoms with van der Waals surface area (Å²) in [5.41, 5.74) is 4.15. The molecule has 220 valence electrons. The van der Waals surface area contributed by atoms with Crippen molar-refractivity contribution in [3.05, 3.63) is 59.5 Å². The number of likely N-dealkylation sites (tertiary alicyclic amines) is 1. The van der Waals surface area contributed by atoms with Crippen LogP contribution in [0.25, 0.3) is 5.65 Å². The summed E-state index contributed by atoms with van der Waals surface area (Å²) in [6.45, 7) is 7.40. The lowest BCUT2D eigenvalue weighted by Crippen LogP contribution is -2.68. The van der Waals surface area contributed by atoms with E-state index in [0.717, 1.165) is 43.6 Å². The van der Waals surface area contributed by atoms with E-state index in [1.807, 2.05) is 13.1 Å². The maximum atomic E-state index is 13.1. The molecule has 0 radical (unpaired) electrons. The van der Waals surface area contributed by atoms with Gasteiger partial charge in [-0.2, -0.15) is 0 Å². The van der Waals surface area contributed by atoms with Crippen molar-refractivity contribution in [1.29, 1.82) is 0 Å². The lowest BCUT2D eigenvalue weighted by molar-refractivity contribution is -0.166. The van der Waals surface area contributed by atoms with Crippen molar-refractivity contribution >= 4 is 29.1 Å². The maximum Gasteiger partial charge on any atom is 0.332 e. The van der Waals surface area contributed by atoms with E-state index in [0.29, 0.717) is 31.6 Å². The SMILES string of the molecule is Cc1cc(N2CC[C@](C)(c3ccccc3)C2)cn2nc(C(=O)NC3CC4(C3)CN(C(=O)C3CCC(C(=O)O)O3)C4)nc12.